The van der Waals surface area contributed by atoms with E-state index in [0.29, 0.717) is 50.0 Å². The minimum atomic E-state index is -0.392. The van der Waals surface area contributed by atoms with Crippen molar-refractivity contribution in [2.24, 2.45) is 4.99 Å². The molecule has 1 heterocycles. The Kier molecular flexibility index (Phi) is 9.34. The highest BCUT2D eigenvalue weighted by Gasteiger charge is 2.22. The van der Waals surface area contributed by atoms with E-state index in [2.05, 4.69) is 20.9 Å². The highest BCUT2D eigenvalue weighted by Crippen LogP contribution is 2.39. The lowest BCUT2D eigenvalue weighted by molar-refractivity contribution is 0.0951. The number of nitrogens with zero attached hydrogens (tertiary/aromatic N) is 1. The predicted octanol–water partition coefficient (Wildman–Crippen LogP) is 4.23. The Balaban J connectivity index is 1.49. The largest absolute Gasteiger partial charge is 0.487 e. The van der Waals surface area contributed by atoms with E-state index in [1.807, 2.05) is 60.7 Å². The van der Waals surface area contributed by atoms with Gasteiger partial charge in [0, 0.05) is 43.6 Å². The number of aliphatic imine (C=N–C) groups is 1. The fourth-order valence-corrected chi connectivity index (χ4v) is 3.79. The first-order valence-corrected chi connectivity index (χ1v) is 12.1. The van der Waals surface area contributed by atoms with Crippen LogP contribution in [0.5, 0.6) is 11.5 Å². The van der Waals surface area contributed by atoms with Crippen LogP contribution in [0, 0.1) is 0 Å². The molecule has 3 N–H and O–H groups in total. The Hall–Kier alpha value is -4.08. The lowest BCUT2D eigenvalue weighted by Gasteiger charge is -2.25. The molecule has 0 aromatic heterocycles. The molecule has 9 heteroatoms. The van der Waals surface area contributed by atoms with Gasteiger partial charge in [-0.05, 0) is 29.8 Å². The number of nitrogens with one attached hydrogen (secondary N) is 3. The number of anilines is 2. The molecule has 4 rings (SSSR count). The number of fused-ring (bicyclic) bond motifs is 1. The van der Waals surface area contributed by atoms with Gasteiger partial charge in [-0.3, -0.25) is 4.79 Å². The van der Waals surface area contributed by atoms with Crippen molar-refractivity contribution in [3.05, 3.63) is 83.4 Å². The van der Waals surface area contributed by atoms with Crippen molar-refractivity contribution in [2.75, 3.05) is 51.3 Å². The summed E-state index contributed by atoms with van der Waals surface area (Å²) in [7, 11) is 3.25. The van der Waals surface area contributed by atoms with Crippen LogP contribution in [0.15, 0.2) is 71.7 Å². The molecular weight excluding hydrogens is 472 g/mol. The molecule has 194 valence electrons. The van der Waals surface area contributed by atoms with Crippen molar-refractivity contribution >= 4 is 23.6 Å². The first-order valence-electron chi connectivity index (χ1n) is 12.1. The van der Waals surface area contributed by atoms with E-state index in [4.69, 9.17) is 18.9 Å². The summed E-state index contributed by atoms with van der Waals surface area (Å²) >= 11 is 0. The lowest BCUT2D eigenvalue weighted by atomic mass is 10.1. The molecule has 1 amide bonds. The van der Waals surface area contributed by atoms with Gasteiger partial charge in [-0.1, -0.05) is 36.4 Å². The van der Waals surface area contributed by atoms with Crippen molar-refractivity contribution in [3.63, 3.8) is 0 Å². The molecule has 0 bridgehead atoms. The van der Waals surface area contributed by atoms with Gasteiger partial charge < -0.3 is 34.9 Å². The van der Waals surface area contributed by atoms with E-state index in [0.717, 1.165) is 22.5 Å². The third-order valence-corrected chi connectivity index (χ3v) is 5.67. The van der Waals surface area contributed by atoms with Gasteiger partial charge in [0.15, 0.2) is 11.5 Å². The number of methoxy groups -OCH3 is 2. The molecule has 0 unspecified atom stereocenters. The van der Waals surface area contributed by atoms with E-state index in [9.17, 15) is 4.79 Å². The van der Waals surface area contributed by atoms with Crippen LogP contribution >= 0.6 is 0 Å². The minimum Gasteiger partial charge on any atom is -0.487 e. The van der Waals surface area contributed by atoms with E-state index in [-0.39, 0.29) is 5.91 Å². The fourth-order valence-electron chi connectivity index (χ4n) is 3.79. The van der Waals surface area contributed by atoms with E-state index >= 15 is 0 Å². The van der Waals surface area contributed by atoms with Gasteiger partial charge in [-0.2, -0.15) is 0 Å². The Morgan fingerprint density at radius 1 is 0.892 bits per heavy atom. The molecule has 3 aromatic carbocycles. The van der Waals surface area contributed by atoms with Crippen molar-refractivity contribution in [1.29, 1.82) is 0 Å². The van der Waals surface area contributed by atoms with Gasteiger partial charge in [0.1, 0.15) is 19.4 Å². The summed E-state index contributed by atoms with van der Waals surface area (Å²) in [4.78, 5) is 17.3. The first-order chi connectivity index (χ1) is 18.2. The third kappa shape index (κ3) is 7.22. The number of carbonyl (C=O) groups excluding carboxylic acids is 1. The van der Waals surface area contributed by atoms with Crippen molar-refractivity contribution in [1.82, 2.24) is 5.32 Å². The molecule has 3 aromatic rings. The third-order valence-electron chi connectivity index (χ3n) is 5.67. The summed E-state index contributed by atoms with van der Waals surface area (Å²) < 4.78 is 22.0. The van der Waals surface area contributed by atoms with Crippen LogP contribution in [-0.2, 0) is 16.0 Å². The van der Waals surface area contributed by atoms with Crippen LogP contribution in [0.25, 0.3) is 0 Å². The second-order valence-electron chi connectivity index (χ2n) is 8.29. The van der Waals surface area contributed by atoms with Crippen molar-refractivity contribution in [2.45, 2.75) is 12.7 Å². The summed E-state index contributed by atoms with van der Waals surface area (Å²) in [6.45, 7) is 2.15. The summed E-state index contributed by atoms with van der Waals surface area (Å²) in [5, 5.41) is 9.56. The maximum atomic E-state index is 12.7. The molecule has 1 aliphatic rings. The van der Waals surface area contributed by atoms with Gasteiger partial charge >= 0.3 is 0 Å². The van der Waals surface area contributed by atoms with Crippen LogP contribution in [0.1, 0.15) is 27.7 Å². The molecule has 37 heavy (non-hydrogen) atoms. The fraction of sp³-hybridized carbons (Fsp3) is 0.286. The summed E-state index contributed by atoms with van der Waals surface area (Å²) in [6, 6.07) is 21.0. The van der Waals surface area contributed by atoms with E-state index in [1.54, 1.807) is 26.6 Å². The number of amides is 1. The van der Waals surface area contributed by atoms with Gasteiger partial charge in [-0.15, -0.1) is 0 Å². The second-order valence-corrected chi connectivity index (χ2v) is 8.29. The first kappa shape index (κ1) is 26.0. The number of carbonyl (C=O) groups is 1. The average molecular weight is 505 g/mol. The Morgan fingerprint density at radius 2 is 1.62 bits per heavy atom. The number of rotatable bonds is 13. The van der Waals surface area contributed by atoms with Crippen LogP contribution in [0.2, 0.25) is 0 Å². The molecular formula is C28H32N4O5. The molecule has 1 atom stereocenters. The topological polar surface area (TPSA) is 102 Å². The van der Waals surface area contributed by atoms with Gasteiger partial charge in [0.05, 0.1) is 25.2 Å². The highest BCUT2D eigenvalue weighted by molar-refractivity contribution is 5.95. The van der Waals surface area contributed by atoms with Crippen molar-refractivity contribution in [3.8, 4) is 11.5 Å². The molecule has 0 spiro atoms. The summed E-state index contributed by atoms with van der Waals surface area (Å²) in [5.74, 6) is 1.05. The average Bonchev–Trinajstić information content (AvgIpc) is 2.93. The Labute approximate surface area is 216 Å². The number of benzene rings is 3. The maximum Gasteiger partial charge on any atom is 0.251 e. The Bertz CT molecular complexity index is 1200. The lowest BCUT2D eigenvalue weighted by Crippen LogP contribution is -2.23. The van der Waals surface area contributed by atoms with E-state index < -0.39 is 6.17 Å². The van der Waals surface area contributed by atoms with Gasteiger partial charge in [0.25, 0.3) is 5.91 Å². The predicted molar refractivity (Wildman–Crippen MR) is 144 cm³/mol. The zero-order valence-corrected chi connectivity index (χ0v) is 21.0. The van der Waals surface area contributed by atoms with Crippen LogP contribution in [0.4, 0.5) is 11.4 Å². The standard InChI is InChI=1S/C28H32N4O5/c1-34-11-13-36-25-16-23-24(17-26(25)37-14-12-35-2)30-19-31-27(23)32-22-10-6-9-21(15-22)28(33)29-18-20-7-4-3-5-8-20/h3-10,15-17,19,27,32H,11-14,18H2,1-2H3,(H,29,33)(H,30,31)/t27-/m0/s1. The SMILES string of the molecule is COCCOc1cc2c(cc1OCCOC)[C@H](Nc1cccc(C(=O)NCc3ccccc3)c1)N=CN2. The van der Waals surface area contributed by atoms with Crippen LogP contribution < -0.4 is 25.4 Å². The van der Waals surface area contributed by atoms with Crippen LogP contribution in [0.3, 0.4) is 0 Å². The number of hydrogen-bond acceptors (Lipinski definition) is 8. The zero-order valence-electron chi connectivity index (χ0n) is 21.0. The molecule has 0 saturated carbocycles. The summed E-state index contributed by atoms with van der Waals surface area (Å²) in [5.41, 5.74) is 4.10. The zero-order chi connectivity index (χ0) is 25.9. The minimum absolute atomic E-state index is 0.145. The van der Waals surface area contributed by atoms with Crippen LogP contribution in [-0.4, -0.2) is 52.9 Å². The molecule has 0 saturated heterocycles. The quantitative estimate of drug-likeness (QED) is 0.299. The molecule has 1 aliphatic heterocycles. The molecule has 0 aliphatic carbocycles. The smallest absolute Gasteiger partial charge is 0.251 e. The second kappa shape index (κ2) is 13.3. The Morgan fingerprint density at radius 3 is 2.35 bits per heavy atom. The number of ether oxygens (including phenoxy) is 4. The normalized spacial score (nSPS) is 13.8. The molecule has 0 fully saturated rings. The van der Waals surface area contributed by atoms with E-state index in [1.165, 1.54) is 0 Å². The molecule has 9 nitrogen and oxygen atoms in total. The highest BCUT2D eigenvalue weighted by atomic mass is 16.5. The van der Waals surface area contributed by atoms with Crippen molar-refractivity contribution < 1.29 is 23.7 Å². The molecule has 0 radical (unpaired) electrons. The maximum absolute atomic E-state index is 12.7. The number of hydrogen-bond donors (Lipinski definition) is 3. The van der Waals surface area contributed by atoms with Gasteiger partial charge in [-0.25, -0.2) is 4.99 Å². The van der Waals surface area contributed by atoms with Gasteiger partial charge in [0.2, 0.25) is 0 Å². The summed E-state index contributed by atoms with van der Waals surface area (Å²) in [6.07, 6.45) is 1.25. The monoisotopic (exact) mass is 504 g/mol.